The van der Waals surface area contributed by atoms with Gasteiger partial charge in [0.2, 0.25) is 0 Å². The molecular weight excluding hydrogens is 356 g/mol. The minimum absolute atomic E-state index is 0.0580. The summed E-state index contributed by atoms with van der Waals surface area (Å²) in [5.41, 5.74) is 0.174. The minimum Gasteiger partial charge on any atom is -0.297 e. The summed E-state index contributed by atoms with van der Waals surface area (Å²) in [5.74, 6) is 0.515. The van der Waals surface area contributed by atoms with Crippen molar-refractivity contribution in [2.45, 2.75) is 41.2 Å². The van der Waals surface area contributed by atoms with E-state index < -0.39 is 0 Å². The third-order valence-electron chi connectivity index (χ3n) is 6.74. The number of ketones is 1. The molecule has 3 aliphatic carbocycles. The normalized spacial score (nSPS) is 37.2. The van der Waals surface area contributed by atoms with Crippen molar-refractivity contribution in [3.05, 3.63) is 71.6 Å². The van der Waals surface area contributed by atoms with Crippen LogP contribution in [0.15, 0.2) is 81.4 Å². The molecule has 0 aliphatic heterocycles. The van der Waals surface area contributed by atoms with E-state index in [1.54, 1.807) is 11.8 Å². The van der Waals surface area contributed by atoms with Gasteiger partial charge in [0.05, 0.1) is 10.7 Å². The number of hydrogen-bond donors (Lipinski definition) is 0. The van der Waals surface area contributed by atoms with Crippen LogP contribution in [0.3, 0.4) is 0 Å². The van der Waals surface area contributed by atoms with Crippen LogP contribution in [0.2, 0.25) is 0 Å². The van der Waals surface area contributed by atoms with Crippen molar-refractivity contribution in [1.82, 2.24) is 0 Å². The molecule has 5 rings (SSSR count). The second-order valence-electron chi connectivity index (χ2n) is 8.36. The van der Waals surface area contributed by atoms with E-state index in [4.69, 9.17) is 0 Å². The molecule has 1 nitrogen and oxygen atoms in total. The minimum atomic E-state index is -0.259. The highest BCUT2D eigenvalue weighted by Gasteiger charge is 2.75. The van der Waals surface area contributed by atoms with Gasteiger partial charge in [-0.2, -0.15) is 0 Å². The Balaban J connectivity index is 1.51. The lowest BCUT2D eigenvalue weighted by atomic mass is 9.65. The largest absolute Gasteiger partial charge is 0.297 e. The van der Waals surface area contributed by atoms with Crippen LogP contribution in [-0.2, 0) is 4.79 Å². The van der Waals surface area contributed by atoms with Crippen LogP contribution in [0.5, 0.6) is 0 Å². The molecule has 0 saturated heterocycles. The van der Waals surface area contributed by atoms with Gasteiger partial charge >= 0.3 is 0 Å². The number of rotatable bonds is 4. The van der Waals surface area contributed by atoms with Gasteiger partial charge in [-0.05, 0) is 52.8 Å². The standard InChI is InChI=1S/C23H22OS2/c1-21-13-18(25-16-9-5-3-6-10-16)19-20(24)23(14-21,15-22(19,21)2)26-17-11-7-4-8-12-17/h3-13,19H,14-15H2,1-2H3/t19?,21?,22-,23?/m0/s1. The predicted molar refractivity (Wildman–Crippen MR) is 109 cm³/mol. The topological polar surface area (TPSA) is 17.1 Å². The number of hydrogen-bond acceptors (Lipinski definition) is 3. The molecule has 4 atom stereocenters. The first-order valence-corrected chi connectivity index (χ1v) is 10.8. The van der Waals surface area contributed by atoms with Crippen molar-refractivity contribution in [2.24, 2.45) is 16.7 Å². The maximum atomic E-state index is 13.6. The predicted octanol–water partition coefficient (Wildman–Crippen LogP) is 6.21. The second kappa shape index (κ2) is 5.53. The zero-order valence-corrected chi connectivity index (χ0v) is 16.7. The Morgan fingerprint density at radius 2 is 1.50 bits per heavy atom. The highest BCUT2D eigenvalue weighted by atomic mass is 32.2. The van der Waals surface area contributed by atoms with Gasteiger partial charge in [0.1, 0.15) is 0 Å². The number of carbonyl (C=O) groups excluding carboxylic acids is 1. The van der Waals surface area contributed by atoms with E-state index in [1.807, 2.05) is 23.9 Å². The van der Waals surface area contributed by atoms with Gasteiger partial charge in [0, 0.05) is 9.79 Å². The number of carbonyl (C=O) groups is 1. The smallest absolute Gasteiger partial charge is 0.157 e. The maximum absolute atomic E-state index is 13.6. The Morgan fingerprint density at radius 1 is 0.885 bits per heavy atom. The van der Waals surface area contributed by atoms with Crippen LogP contribution in [0.4, 0.5) is 0 Å². The molecule has 2 fully saturated rings. The number of Topliss-reactive ketones (excluding diaryl/α,β-unsaturated/α-hetero) is 1. The summed E-state index contributed by atoms with van der Waals surface area (Å²) in [6.45, 7) is 4.73. The fourth-order valence-electron chi connectivity index (χ4n) is 5.42. The summed E-state index contributed by atoms with van der Waals surface area (Å²) in [7, 11) is 0. The first-order chi connectivity index (χ1) is 12.5. The van der Waals surface area contributed by atoms with E-state index >= 15 is 0 Å². The molecule has 2 aromatic carbocycles. The van der Waals surface area contributed by atoms with E-state index in [-0.39, 0.29) is 21.5 Å². The third-order valence-corrected chi connectivity index (χ3v) is 9.22. The molecule has 0 amide bonds. The molecule has 26 heavy (non-hydrogen) atoms. The quantitative estimate of drug-likeness (QED) is 0.629. The molecule has 3 heteroatoms. The molecule has 0 spiro atoms. The summed E-state index contributed by atoms with van der Waals surface area (Å²) in [5, 5.41) is 0. The number of benzene rings is 2. The summed E-state index contributed by atoms with van der Waals surface area (Å²) < 4.78 is -0.259. The van der Waals surface area contributed by atoms with Gasteiger partial charge < -0.3 is 0 Å². The average molecular weight is 379 g/mol. The lowest BCUT2D eigenvalue weighted by Gasteiger charge is -2.40. The molecular formula is C23H22OS2. The number of allylic oxidation sites excluding steroid dienone is 2. The molecule has 132 valence electrons. The van der Waals surface area contributed by atoms with Crippen molar-refractivity contribution < 1.29 is 4.79 Å². The summed E-state index contributed by atoms with van der Waals surface area (Å²) >= 11 is 3.60. The van der Waals surface area contributed by atoms with Crippen molar-refractivity contribution in [2.75, 3.05) is 0 Å². The summed E-state index contributed by atoms with van der Waals surface area (Å²) in [6.07, 6.45) is 4.40. The van der Waals surface area contributed by atoms with Gasteiger partial charge in [0.15, 0.2) is 5.78 Å². The fourth-order valence-corrected chi connectivity index (χ4v) is 8.49. The number of thioether (sulfide) groups is 2. The van der Waals surface area contributed by atoms with E-state index in [1.165, 1.54) is 14.7 Å². The van der Waals surface area contributed by atoms with E-state index in [2.05, 4.69) is 68.5 Å². The Labute approximate surface area is 163 Å². The van der Waals surface area contributed by atoms with Crippen LogP contribution in [0.1, 0.15) is 26.7 Å². The number of fused-ring (bicyclic) bond motifs is 1. The Hall–Kier alpha value is -1.45. The molecule has 2 aromatic rings. The van der Waals surface area contributed by atoms with Crippen LogP contribution in [0.25, 0.3) is 0 Å². The summed E-state index contributed by atoms with van der Waals surface area (Å²) in [4.78, 5) is 17.3. The van der Waals surface area contributed by atoms with Gasteiger partial charge in [-0.3, -0.25) is 4.79 Å². The van der Waals surface area contributed by atoms with Gasteiger partial charge in [-0.25, -0.2) is 0 Å². The summed E-state index contributed by atoms with van der Waals surface area (Å²) in [6, 6.07) is 20.9. The van der Waals surface area contributed by atoms with Crippen molar-refractivity contribution in [1.29, 1.82) is 0 Å². The Kier molecular flexibility index (Phi) is 3.55. The van der Waals surface area contributed by atoms with Crippen LogP contribution in [-0.4, -0.2) is 10.5 Å². The second-order valence-corrected chi connectivity index (χ2v) is 11.0. The Bertz CT molecular complexity index is 906. The third kappa shape index (κ3) is 2.16. The lowest BCUT2D eigenvalue weighted by molar-refractivity contribution is -0.125. The first-order valence-electron chi connectivity index (χ1n) is 9.20. The molecule has 3 unspecified atom stereocenters. The van der Waals surface area contributed by atoms with Gasteiger partial charge in [-0.1, -0.05) is 68.1 Å². The fraction of sp³-hybridized carbons (Fsp3) is 0.348. The average Bonchev–Trinajstić information content (AvgIpc) is 3.02. The van der Waals surface area contributed by atoms with Crippen molar-refractivity contribution in [3.63, 3.8) is 0 Å². The zero-order chi connectivity index (χ0) is 18.0. The molecule has 0 radical (unpaired) electrons. The highest BCUT2D eigenvalue weighted by Crippen LogP contribution is 2.77. The zero-order valence-electron chi connectivity index (χ0n) is 15.1. The van der Waals surface area contributed by atoms with Crippen molar-refractivity contribution in [3.8, 4) is 0 Å². The molecule has 0 heterocycles. The van der Waals surface area contributed by atoms with Gasteiger partial charge in [0.25, 0.3) is 0 Å². The highest BCUT2D eigenvalue weighted by molar-refractivity contribution is 8.03. The monoisotopic (exact) mass is 378 g/mol. The van der Waals surface area contributed by atoms with Gasteiger partial charge in [-0.15, -0.1) is 11.8 Å². The molecule has 0 aromatic heterocycles. The van der Waals surface area contributed by atoms with E-state index in [0.29, 0.717) is 5.78 Å². The van der Waals surface area contributed by atoms with Crippen LogP contribution in [0, 0.1) is 16.7 Å². The van der Waals surface area contributed by atoms with Crippen LogP contribution < -0.4 is 0 Å². The van der Waals surface area contributed by atoms with Crippen molar-refractivity contribution >= 4 is 29.3 Å². The Morgan fingerprint density at radius 3 is 2.15 bits per heavy atom. The molecule has 3 aliphatic rings. The lowest BCUT2D eigenvalue weighted by Crippen LogP contribution is -2.42. The van der Waals surface area contributed by atoms with E-state index in [9.17, 15) is 4.79 Å². The first kappa shape index (κ1) is 16.7. The SMILES string of the molecule is CC12C=C(Sc3ccccc3)C3C(=O)C(Sc4ccccc4)(C1)C[C@@]32C. The van der Waals surface area contributed by atoms with Crippen LogP contribution >= 0.6 is 23.5 Å². The molecule has 0 N–H and O–H groups in total. The van der Waals surface area contributed by atoms with E-state index in [0.717, 1.165) is 12.8 Å². The maximum Gasteiger partial charge on any atom is 0.157 e. The molecule has 2 bridgehead atoms. The molecule has 2 saturated carbocycles.